The van der Waals surface area contributed by atoms with Crippen LogP contribution in [0.2, 0.25) is 0 Å². The van der Waals surface area contributed by atoms with Gasteiger partial charge in [-0.2, -0.15) is 65.9 Å². The second kappa shape index (κ2) is 7.65. The molecule has 0 aliphatic heterocycles. The third-order valence-electron chi connectivity index (χ3n) is 3.74. The molecule has 170 valence electrons. The second-order valence-corrected chi connectivity index (χ2v) is 5.88. The topological polar surface area (TPSA) is 0 Å². The van der Waals surface area contributed by atoms with Gasteiger partial charge in [0.15, 0.2) is 0 Å². The Kier molecular flexibility index (Phi) is 7.36. The maximum absolute atomic E-state index is 13.4. The van der Waals surface area contributed by atoms with Crippen molar-refractivity contribution < 1.29 is 65.9 Å². The monoisotopic (exact) mass is 454 g/mol. The van der Waals surface area contributed by atoms with Crippen molar-refractivity contribution in [3.05, 3.63) is 0 Å². The Morgan fingerprint density at radius 2 is 0.786 bits per heavy atom. The molecular weight excluding hydrogens is 441 g/mol. The zero-order valence-electron chi connectivity index (χ0n) is 13.7. The summed E-state index contributed by atoms with van der Waals surface area (Å²) in [4.78, 5) is 0. The molecule has 0 N–H and O–H groups in total. The van der Waals surface area contributed by atoms with E-state index in [4.69, 9.17) is 0 Å². The van der Waals surface area contributed by atoms with Crippen LogP contribution >= 0.6 is 0 Å². The quantitative estimate of drug-likeness (QED) is 0.240. The van der Waals surface area contributed by atoms with Crippen LogP contribution in [0, 0.1) is 0 Å². The lowest BCUT2D eigenvalue weighted by Gasteiger charge is -2.41. The van der Waals surface area contributed by atoms with Gasteiger partial charge in [0, 0.05) is 6.42 Å². The molecule has 0 aromatic carbocycles. The van der Waals surface area contributed by atoms with Gasteiger partial charge in [-0.15, -0.1) is 0 Å². The average molecular weight is 454 g/mol. The van der Waals surface area contributed by atoms with Gasteiger partial charge in [0.25, 0.3) is 0 Å². The molecule has 0 unspecified atom stereocenters. The summed E-state index contributed by atoms with van der Waals surface area (Å²) in [5.74, 6) is -45.8. The zero-order valence-corrected chi connectivity index (χ0v) is 13.7. The Morgan fingerprint density at radius 1 is 0.429 bits per heavy atom. The Hall–Kier alpha value is -1.05. The zero-order chi connectivity index (χ0) is 23.0. The van der Waals surface area contributed by atoms with E-state index in [9.17, 15) is 65.9 Å². The first-order valence-electron chi connectivity index (χ1n) is 7.40. The fourth-order valence-corrected chi connectivity index (χ4v) is 1.93. The molecular formula is C13H13F15. The number of rotatable bonds is 10. The Labute approximate surface area is 148 Å². The van der Waals surface area contributed by atoms with Crippen molar-refractivity contribution in [1.82, 2.24) is 0 Å². The molecule has 0 radical (unpaired) electrons. The van der Waals surface area contributed by atoms with Crippen molar-refractivity contribution in [1.29, 1.82) is 0 Å². The fourth-order valence-electron chi connectivity index (χ4n) is 1.93. The Morgan fingerprint density at radius 3 is 1.14 bits per heavy atom. The lowest BCUT2D eigenvalue weighted by Crippen LogP contribution is -2.72. The molecule has 0 spiro atoms. The van der Waals surface area contributed by atoms with E-state index in [0.717, 1.165) is 0 Å². The molecule has 0 fully saturated rings. The Bertz CT molecular complexity index is 517. The van der Waals surface area contributed by atoms with Gasteiger partial charge < -0.3 is 0 Å². The highest BCUT2D eigenvalue weighted by Crippen LogP contribution is 2.62. The number of halogens is 15. The first-order chi connectivity index (χ1) is 12.1. The number of hydrogen-bond acceptors (Lipinski definition) is 0. The summed E-state index contributed by atoms with van der Waals surface area (Å²) in [7, 11) is 0. The maximum atomic E-state index is 13.4. The summed E-state index contributed by atoms with van der Waals surface area (Å²) in [6.45, 7) is 1.50. The van der Waals surface area contributed by atoms with E-state index >= 15 is 0 Å². The molecule has 0 rings (SSSR count). The van der Waals surface area contributed by atoms with E-state index in [1.165, 1.54) is 6.92 Å². The van der Waals surface area contributed by atoms with E-state index < -0.39 is 54.6 Å². The predicted molar refractivity (Wildman–Crippen MR) is 64.5 cm³/mol. The third-order valence-corrected chi connectivity index (χ3v) is 3.74. The highest BCUT2D eigenvalue weighted by atomic mass is 19.4. The molecule has 0 aliphatic rings. The molecule has 0 saturated carbocycles. The average Bonchev–Trinajstić information content (AvgIpc) is 2.49. The van der Waals surface area contributed by atoms with Crippen molar-refractivity contribution in [2.45, 2.75) is 80.7 Å². The van der Waals surface area contributed by atoms with Crippen LogP contribution in [-0.4, -0.2) is 41.7 Å². The summed E-state index contributed by atoms with van der Waals surface area (Å²) in [6, 6.07) is 0. The summed E-state index contributed by atoms with van der Waals surface area (Å²) in [6.07, 6.45) is -10.6. The van der Waals surface area contributed by atoms with E-state index in [-0.39, 0.29) is 12.8 Å². The highest BCUT2D eigenvalue weighted by Gasteiger charge is 2.93. The molecule has 0 atom stereocenters. The minimum absolute atomic E-state index is 0.115. The van der Waals surface area contributed by atoms with E-state index in [0.29, 0.717) is 6.42 Å². The standard InChI is InChI=1S/C13H13F15/c1-2-3-4-5-6-7(14,15)8(16,17)9(18,19)10(20,21)11(22,23)12(24,25)13(26,27)28/h2-6H2,1H3. The molecule has 28 heavy (non-hydrogen) atoms. The van der Waals surface area contributed by atoms with Crippen LogP contribution in [0.4, 0.5) is 65.9 Å². The van der Waals surface area contributed by atoms with Crippen LogP contribution in [0.1, 0.15) is 39.0 Å². The van der Waals surface area contributed by atoms with Crippen molar-refractivity contribution in [2.75, 3.05) is 0 Å². The molecule has 15 heteroatoms. The molecule has 0 nitrogen and oxygen atoms in total. The van der Waals surface area contributed by atoms with Crippen LogP contribution in [0.3, 0.4) is 0 Å². The van der Waals surface area contributed by atoms with Crippen molar-refractivity contribution in [3.63, 3.8) is 0 Å². The number of alkyl halides is 15. The smallest absolute Gasteiger partial charge is 0.200 e. The van der Waals surface area contributed by atoms with Gasteiger partial charge in [-0.05, 0) is 6.42 Å². The van der Waals surface area contributed by atoms with E-state index in [1.54, 1.807) is 0 Å². The van der Waals surface area contributed by atoms with Gasteiger partial charge in [-0.3, -0.25) is 0 Å². The van der Waals surface area contributed by atoms with Crippen LogP contribution in [0.25, 0.3) is 0 Å². The molecule has 0 heterocycles. The first-order valence-corrected chi connectivity index (χ1v) is 7.40. The Balaban J connectivity index is 6.10. The lowest BCUT2D eigenvalue weighted by atomic mass is 9.89. The van der Waals surface area contributed by atoms with Crippen LogP contribution in [0.15, 0.2) is 0 Å². The maximum Gasteiger partial charge on any atom is 0.460 e. The van der Waals surface area contributed by atoms with Gasteiger partial charge in [0.05, 0.1) is 0 Å². The van der Waals surface area contributed by atoms with Crippen LogP contribution in [0.5, 0.6) is 0 Å². The van der Waals surface area contributed by atoms with Crippen LogP contribution < -0.4 is 0 Å². The SMILES string of the molecule is CCCCCCC(F)(F)C(F)(F)C(F)(F)C(F)(F)C(F)(F)C(F)(F)C(F)(F)F. The highest BCUT2D eigenvalue weighted by molar-refractivity contribution is 5.12. The van der Waals surface area contributed by atoms with Gasteiger partial charge in [0.2, 0.25) is 0 Å². The van der Waals surface area contributed by atoms with Crippen LogP contribution in [-0.2, 0) is 0 Å². The summed E-state index contributed by atoms with van der Waals surface area (Å²) in [5.41, 5.74) is 0. The number of hydrogen-bond donors (Lipinski definition) is 0. The largest absolute Gasteiger partial charge is 0.460 e. The van der Waals surface area contributed by atoms with Crippen molar-refractivity contribution in [3.8, 4) is 0 Å². The van der Waals surface area contributed by atoms with Gasteiger partial charge in [-0.1, -0.05) is 26.2 Å². The molecule has 0 saturated heterocycles. The lowest BCUT2D eigenvalue weighted by molar-refractivity contribution is -0.452. The normalized spacial score (nSPS) is 15.9. The number of unbranched alkanes of at least 4 members (excludes halogenated alkanes) is 3. The predicted octanol–water partition coefficient (Wildman–Crippen LogP) is 7.33. The van der Waals surface area contributed by atoms with Gasteiger partial charge in [-0.25, -0.2) is 0 Å². The van der Waals surface area contributed by atoms with Gasteiger partial charge >= 0.3 is 41.7 Å². The molecule has 0 aromatic rings. The fraction of sp³-hybridized carbons (Fsp3) is 1.00. The molecule has 0 aromatic heterocycles. The van der Waals surface area contributed by atoms with E-state index in [1.807, 2.05) is 0 Å². The van der Waals surface area contributed by atoms with Crippen molar-refractivity contribution >= 4 is 0 Å². The third kappa shape index (κ3) is 3.98. The van der Waals surface area contributed by atoms with Crippen molar-refractivity contribution in [2.24, 2.45) is 0 Å². The second-order valence-electron chi connectivity index (χ2n) is 5.88. The minimum atomic E-state index is -8.20. The van der Waals surface area contributed by atoms with E-state index in [2.05, 4.69) is 0 Å². The summed E-state index contributed by atoms with van der Waals surface area (Å²) in [5, 5.41) is 0. The molecule has 0 amide bonds. The summed E-state index contributed by atoms with van der Waals surface area (Å²) < 4.78 is 193. The van der Waals surface area contributed by atoms with Gasteiger partial charge in [0.1, 0.15) is 0 Å². The molecule has 0 bridgehead atoms. The first kappa shape index (κ1) is 27.0. The molecule has 0 aliphatic carbocycles. The summed E-state index contributed by atoms with van der Waals surface area (Å²) >= 11 is 0. The minimum Gasteiger partial charge on any atom is -0.200 e.